The molecule has 1 atom stereocenters. The zero-order valence-corrected chi connectivity index (χ0v) is 14.3. The Morgan fingerprint density at radius 1 is 1.12 bits per heavy atom. The fourth-order valence-electron chi connectivity index (χ4n) is 1.82. The Balaban J connectivity index is 2.41. The standard InChI is InChI=1S/C22H30O4/c1-16-9-11-20(13-17(16)2)26-15-19(23)8-6-5-7-18-10-12-21(24-3)22(14-18)25-4/h9-14,19,23H,5-8,15H2,1-4H3/i3D3,4D3,5D2,9D,10D,11D,12D,13D,14D,15D2,19D. The van der Waals surface area contributed by atoms with Crippen LogP contribution in [0.3, 0.4) is 0 Å². The molecule has 2 aromatic carbocycles. The fraction of sp³-hybridized carbons (Fsp3) is 0.455. The molecule has 0 heterocycles. The van der Waals surface area contributed by atoms with E-state index >= 15 is 0 Å². The van der Waals surface area contributed by atoms with Crippen LogP contribution in [0.2, 0.25) is 0 Å². The molecule has 26 heavy (non-hydrogen) atoms. The van der Waals surface area contributed by atoms with Gasteiger partial charge in [-0.25, -0.2) is 0 Å². The average Bonchev–Trinajstić information content (AvgIpc) is 2.85. The molecule has 2 aromatic rings. The van der Waals surface area contributed by atoms with E-state index in [9.17, 15) is 5.11 Å². The van der Waals surface area contributed by atoms with Crippen molar-refractivity contribution in [1.29, 1.82) is 0 Å². The van der Waals surface area contributed by atoms with Crippen LogP contribution < -0.4 is 14.2 Å². The smallest absolute Gasteiger partial charge is 0.160 e. The third-order valence-corrected chi connectivity index (χ3v) is 3.34. The normalized spacial score (nSPS) is 24.7. The highest BCUT2D eigenvalue weighted by Gasteiger charge is 2.07. The molecule has 1 unspecified atom stereocenters. The molecule has 0 bridgehead atoms. The summed E-state index contributed by atoms with van der Waals surface area (Å²) in [6, 6.07) is -4.27. The summed E-state index contributed by atoms with van der Waals surface area (Å²) >= 11 is 0. The Morgan fingerprint density at radius 2 is 1.92 bits per heavy atom. The van der Waals surface area contributed by atoms with E-state index in [1.54, 1.807) is 0 Å². The van der Waals surface area contributed by atoms with Crippen molar-refractivity contribution < 1.29 is 42.6 Å². The van der Waals surface area contributed by atoms with Gasteiger partial charge in [0.1, 0.15) is 12.3 Å². The highest BCUT2D eigenvalue weighted by Crippen LogP contribution is 2.28. The molecule has 0 radical (unpaired) electrons. The van der Waals surface area contributed by atoms with E-state index in [0.717, 1.165) is 0 Å². The molecule has 0 aromatic heterocycles. The van der Waals surface area contributed by atoms with Crippen LogP contribution in [0.15, 0.2) is 36.3 Å². The molecule has 0 aliphatic carbocycles. The number of aliphatic hydroxyl groups is 1. The molecule has 1 N–H and O–H groups in total. The average molecular weight is 376 g/mol. The molecular formula is C22H30O4. The Labute approximate surface area is 180 Å². The van der Waals surface area contributed by atoms with E-state index in [4.69, 9.17) is 32.8 Å². The molecule has 0 aliphatic heterocycles. The number of hydrogen-bond donors (Lipinski definition) is 1. The second kappa shape index (κ2) is 10.1. The number of rotatable bonds is 10. The summed E-state index contributed by atoms with van der Waals surface area (Å²) in [6.07, 6.45) is -8.43. The van der Waals surface area contributed by atoms with Gasteiger partial charge in [0.25, 0.3) is 0 Å². The maximum Gasteiger partial charge on any atom is 0.160 e. The lowest BCUT2D eigenvalue weighted by Crippen LogP contribution is -2.17. The predicted octanol–water partition coefficient (Wildman–Crippen LogP) is 4.47. The molecule has 4 nitrogen and oxygen atoms in total. The molecule has 0 amide bonds. The molecule has 0 aliphatic rings. The van der Waals surface area contributed by atoms with Crippen LogP contribution in [0.1, 0.15) is 59.2 Å². The molecule has 2 rings (SSSR count). The van der Waals surface area contributed by atoms with Crippen LogP contribution in [0, 0.1) is 13.8 Å². The molecule has 142 valence electrons. The lowest BCUT2D eigenvalue weighted by molar-refractivity contribution is 0.0976. The van der Waals surface area contributed by atoms with Gasteiger partial charge in [-0.15, -0.1) is 0 Å². The molecular weight excluding hydrogens is 328 g/mol. The van der Waals surface area contributed by atoms with Crippen molar-refractivity contribution in [3.63, 3.8) is 0 Å². The zero-order valence-electron chi connectivity index (χ0n) is 31.3. The monoisotopic (exact) mass is 375 g/mol. The van der Waals surface area contributed by atoms with Gasteiger partial charge in [-0.2, -0.15) is 0 Å². The minimum Gasteiger partial charge on any atom is -0.493 e. The van der Waals surface area contributed by atoms with Crippen LogP contribution in [0.4, 0.5) is 0 Å². The third-order valence-electron chi connectivity index (χ3n) is 3.34. The maximum atomic E-state index is 10.7. The second-order valence-corrected chi connectivity index (χ2v) is 5.25. The largest absolute Gasteiger partial charge is 0.493 e. The lowest BCUT2D eigenvalue weighted by Gasteiger charge is -2.13. The van der Waals surface area contributed by atoms with Crippen LogP contribution in [0.25, 0.3) is 0 Å². The first-order chi connectivity index (χ1) is 19.1. The van der Waals surface area contributed by atoms with Crippen LogP contribution in [0.5, 0.6) is 17.2 Å². The van der Waals surface area contributed by atoms with E-state index in [-0.39, 0.29) is 17.2 Å². The van der Waals surface area contributed by atoms with Crippen LogP contribution >= 0.6 is 0 Å². The Kier molecular flexibility index (Phi) is 2.74. The van der Waals surface area contributed by atoms with Crippen molar-refractivity contribution in [2.45, 2.75) is 45.6 Å². The summed E-state index contributed by atoms with van der Waals surface area (Å²) in [6.45, 7) is -0.401. The summed E-state index contributed by atoms with van der Waals surface area (Å²) in [5.74, 6) is -2.77. The van der Waals surface area contributed by atoms with Crippen molar-refractivity contribution >= 4 is 0 Å². The number of hydrogen-bond acceptors (Lipinski definition) is 4. The van der Waals surface area contributed by atoms with E-state index in [0.29, 0.717) is 0 Å². The summed E-state index contributed by atoms with van der Waals surface area (Å²) in [5, 5.41) is 10.7. The van der Waals surface area contributed by atoms with Gasteiger partial charge in [-0.05, 0) is 73.9 Å². The first-order valence-corrected chi connectivity index (χ1v) is 7.61. The van der Waals surface area contributed by atoms with Crippen molar-refractivity contribution in [2.75, 3.05) is 20.6 Å². The van der Waals surface area contributed by atoms with Crippen molar-refractivity contribution in [2.24, 2.45) is 0 Å². The minimum absolute atomic E-state index is 0.208. The minimum atomic E-state index is -3.33. The van der Waals surface area contributed by atoms with Crippen LogP contribution in [-0.2, 0) is 6.42 Å². The first kappa shape index (κ1) is 7.08. The molecule has 0 fully saturated rings. The van der Waals surface area contributed by atoms with Gasteiger partial charge >= 0.3 is 0 Å². The van der Waals surface area contributed by atoms with E-state index < -0.39 is 105 Å². The van der Waals surface area contributed by atoms with Crippen molar-refractivity contribution in [3.05, 3.63) is 52.9 Å². The highest BCUT2D eigenvalue weighted by molar-refractivity contribution is 5.42. The van der Waals surface area contributed by atoms with Gasteiger partial charge in [0.2, 0.25) is 0 Å². The predicted molar refractivity (Wildman–Crippen MR) is 105 cm³/mol. The van der Waals surface area contributed by atoms with Gasteiger partial charge in [0.05, 0.1) is 40.7 Å². The molecule has 0 saturated heterocycles. The highest BCUT2D eigenvalue weighted by atomic mass is 16.5. The number of ether oxygens (including phenoxy) is 3. The van der Waals surface area contributed by atoms with Gasteiger partial charge in [0.15, 0.2) is 11.5 Å². The summed E-state index contributed by atoms with van der Waals surface area (Å²) in [7, 11) is -6.48. The van der Waals surface area contributed by atoms with Crippen LogP contribution in [-0.4, -0.2) is 31.8 Å². The maximum absolute atomic E-state index is 10.7. The number of benzene rings is 2. The second-order valence-electron chi connectivity index (χ2n) is 5.25. The summed E-state index contributed by atoms with van der Waals surface area (Å²) in [4.78, 5) is 0. The Morgan fingerprint density at radius 3 is 2.73 bits per heavy atom. The van der Waals surface area contributed by atoms with Gasteiger partial charge in [0, 0.05) is 2.74 Å². The van der Waals surface area contributed by atoms with E-state index in [2.05, 4.69) is 4.74 Å². The van der Waals surface area contributed by atoms with Gasteiger partial charge < -0.3 is 19.3 Å². The SMILES string of the molecule is [2H]c1c([2H])c(OC([2H])([2H])C([2H])(O)CCC([2H])([2H])Cc2c([2H])c([2H])c(OC([2H])([2H])[2H])c(OC([2H])([2H])[2H])c2[2H])c([2H])c(C)c1C. The zero-order chi connectivity index (χ0) is 33.7. The first-order valence-electron chi connectivity index (χ1n) is 16.1. The topological polar surface area (TPSA) is 47.9 Å². The lowest BCUT2D eigenvalue weighted by atomic mass is 10.0. The fourth-order valence-corrected chi connectivity index (χ4v) is 1.82. The quantitative estimate of drug-likeness (QED) is 0.665. The Hall–Kier alpha value is -2.20. The molecule has 4 heteroatoms. The van der Waals surface area contributed by atoms with Gasteiger partial charge in [-0.3, -0.25) is 0 Å². The Bertz CT molecular complexity index is 1340. The third kappa shape index (κ3) is 5.95. The van der Waals surface area contributed by atoms with E-state index in [1.807, 2.05) is 0 Å². The van der Waals surface area contributed by atoms with E-state index in [1.165, 1.54) is 13.8 Å². The molecule has 0 saturated carbocycles. The number of methoxy groups -OCH3 is 2. The van der Waals surface area contributed by atoms with Crippen molar-refractivity contribution in [3.8, 4) is 17.2 Å². The van der Waals surface area contributed by atoms with Crippen molar-refractivity contribution in [1.82, 2.24) is 0 Å². The van der Waals surface area contributed by atoms with Gasteiger partial charge in [-0.1, -0.05) is 18.5 Å². The summed E-state index contributed by atoms with van der Waals surface area (Å²) < 4.78 is 148. The molecule has 0 spiro atoms. The summed E-state index contributed by atoms with van der Waals surface area (Å²) in [5.41, 5.74) is -0.100.